The number of aliphatic hydroxyl groups is 1. The summed E-state index contributed by atoms with van der Waals surface area (Å²) in [6.45, 7) is 1.88. The van der Waals surface area contributed by atoms with Gasteiger partial charge in [0.2, 0.25) is 6.79 Å². The van der Waals surface area contributed by atoms with E-state index in [1.54, 1.807) is 17.6 Å². The van der Waals surface area contributed by atoms with Gasteiger partial charge in [-0.3, -0.25) is 4.79 Å². The van der Waals surface area contributed by atoms with Crippen LogP contribution in [-0.4, -0.2) is 27.4 Å². The van der Waals surface area contributed by atoms with E-state index in [9.17, 15) is 14.7 Å². The van der Waals surface area contributed by atoms with Crippen molar-refractivity contribution in [3.63, 3.8) is 0 Å². The molecular weight excluding hydrogens is 472 g/mol. The zero-order valence-corrected chi connectivity index (χ0v) is 20.2. The van der Waals surface area contributed by atoms with Crippen LogP contribution in [-0.2, 0) is 41.1 Å². The van der Waals surface area contributed by atoms with Crippen molar-refractivity contribution in [1.29, 1.82) is 0 Å². The Bertz CT molecular complexity index is 1680. The summed E-state index contributed by atoms with van der Waals surface area (Å²) in [7, 11) is 0. The second-order valence-corrected chi connectivity index (χ2v) is 9.71. The lowest BCUT2D eigenvalue weighted by Gasteiger charge is -2.31. The van der Waals surface area contributed by atoms with Crippen molar-refractivity contribution < 1.29 is 24.1 Å². The number of carbonyl (C=O) groups is 1. The van der Waals surface area contributed by atoms with E-state index >= 15 is 0 Å². The number of ether oxygens (including phenoxy) is 3. The third-order valence-electron chi connectivity index (χ3n) is 7.78. The van der Waals surface area contributed by atoms with Crippen molar-refractivity contribution in [2.45, 2.75) is 44.9 Å². The van der Waals surface area contributed by atoms with Gasteiger partial charge in [0.05, 0.1) is 34.4 Å². The molecule has 2 aromatic carbocycles. The summed E-state index contributed by atoms with van der Waals surface area (Å²) in [5, 5.41) is 12.0. The van der Waals surface area contributed by atoms with E-state index < -0.39 is 11.6 Å². The first-order valence-electron chi connectivity index (χ1n) is 12.4. The Labute approximate surface area is 212 Å². The Balaban J connectivity index is 1.44. The molecule has 0 aliphatic carbocycles. The quantitative estimate of drug-likeness (QED) is 0.380. The number of carbonyl (C=O) groups excluding carboxylic acids is 1. The molecule has 1 N–H and O–H groups in total. The van der Waals surface area contributed by atoms with Crippen LogP contribution in [0, 0.1) is 0 Å². The zero-order chi connectivity index (χ0) is 25.3. The van der Waals surface area contributed by atoms with Crippen molar-refractivity contribution in [3.05, 3.63) is 86.7 Å². The topological polar surface area (TPSA) is 99.9 Å². The number of benzene rings is 2. The molecule has 0 amide bonds. The summed E-state index contributed by atoms with van der Waals surface area (Å²) in [6, 6.07) is 16.0. The Kier molecular flexibility index (Phi) is 4.72. The molecule has 4 aromatic rings. The van der Waals surface area contributed by atoms with Crippen molar-refractivity contribution in [1.82, 2.24) is 9.55 Å². The first kappa shape index (κ1) is 22.1. The number of fused-ring (bicyclic) bond motifs is 5. The summed E-state index contributed by atoms with van der Waals surface area (Å²) in [4.78, 5) is 31.1. The van der Waals surface area contributed by atoms with Gasteiger partial charge in [-0.2, -0.15) is 0 Å². The van der Waals surface area contributed by atoms with E-state index in [-0.39, 0.29) is 31.9 Å². The van der Waals surface area contributed by atoms with Gasteiger partial charge in [-0.05, 0) is 42.5 Å². The molecule has 8 heteroatoms. The maximum Gasteiger partial charge on any atom is 0.343 e. The SMILES string of the molecule is CC[C@@]1(O)C(=O)OCc2c1cc1n(c2=O)Cc2c-1nc1c(CCc3ccccc3)ccc3c1c2OCO3. The molecule has 0 unspecified atom stereocenters. The minimum absolute atomic E-state index is 0.0710. The maximum atomic E-state index is 13.6. The van der Waals surface area contributed by atoms with E-state index in [0.29, 0.717) is 34.0 Å². The summed E-state index contributed by atoms with van der Waals surface area (Å²) >= 11 is 0. The fraction of sp³-hybridized carbons (Fsp3) is 0.276. The van der Waals surface area contributed by atoms with Crippen LogP contribution in [0.5, 0.6) is 11.5 Å². The molecule has 0 spiro atoms. The van der Waals surface area contributed by atoms with Crippen molar-refractivity contribution in [2.75, 3.05) is 6.79 Å². The van der Waals surface area contributed by atoms with Crippen LogP contribution in [0.25, 0.3) is 22.3 Å². The number of cyclic esters (lactones) is 1. The predicted molar refractivity (Wildman–Crippen MR) is 134 cm³/mol. The van der Waals surface area contributed by atoms with Crippen LogP contribution in [0.1, 0.15) is 41.2 Å². The second-order valence-electron chi connectivity index (χ2n) is 9.71. The van der Waals surface area contributed by atoms with Gasteiger partial charge in [0.1, 0.15) is 18.1 Å². The molecule has 37 heavy (non-hydrogen) atoms. The number of hydrogen-bond acceptors (Lipinski definition) is 7. The first-order chi connectivity index (χ1) is 18.0. The third kappa shape index (κ3) is 3.08. The summed E-state index contributed by atoms with van der Waals surface area (Å²) in [5.74, 6) is 0.638. The van der Waals surface area contributed by atoms with Crippen LogP contribution in [0.3, 0.4) is 0 Å². The zero-order valence-electron chi connectivity index (χ0n) is 20.2. The van der Waals surface area contributed by atoms with E-state index in [1.165, 1.54) is 5.56 Å². The number of aromatic nitrogens is 2. The molecule has 5 heterocycles. The van der Waals surface area contributed by atoms with Gasteiger partial charge in [-0.25, -0.2) is 9.78 Å². The molecule has 0 bridgehead atoms. The predicted octanol–water partition coefficient (Wildman–Crippen LogP) is 3.59. The van der Waals surface area contributed by atoms with Gasteiger partial charge in [0.15, 0.2) is 5.60 Å². The molecule has 0 saturated carbocycles. The minimum Gasteiger partial charge on any atom is -0.458 e. The lowest BCUT2D eigenvalue weighted by Crippen LogP contribution is -2.44. The van der Waals surface area contributed by atoms with E-state index in [2.05, 4.69) is 12.1 Å². The average molecular weight is 497 g/mol. The Morgan fingerprint density at radius 3 is 2.68 bits per heavy atom. The largest absolute Gasteiger partial charge is 0.458 e. The second kappa shape index (κ2) is 7.91. The van der Waals surface area contributed by atoms with E-state index in [4.69, 9.17) is 19.2 Å². The van der Waals surface area contributed by atoms with Crippen LogP contribution >= 0.6 is 0 Å². The van der Waals surface area contributed by atoms with Crippen molar-refractivity contribution in [3.8, 4) is 22.9 Å². The molecule has 0 saturated heterocycles. The number of hydrogen-bond donors (Lipinski definition) is 1. The maximum absolute atomic E-state index is 13.6. The number of aryl methyl sites for hydroxylation is 2. The molecule has 8 nitrogen and oxygen atoms in total. The molecule has 3 aliphatic rings. The molecule has 186 valence electrons. The highest BCUT2D eigenvalue weighted by Gasteiger charge is 2.45. The number of rotatable bonds is 4. The molecule has 7 rings (SSSR count). The van der Waals surface area contributed by atoms with Gasteiger partial charge in [-0.1, -0.05) is 43.3 Å². The highest BCUT2D eigenvalue weighted by atomic mass is 16.7. The smallest absolute Gasteiger partial charge is 0.343 e. The Morgan fingerprint density at radius 2 is 1.86 bits per heavy atom. The Morgan fingerprint density at radius 1 is 1.03 bits per heavy atom. The fourth-order valence-corrected chi connectivity index (χ4v) is 5.73. The van der Waals surface area contributed by atoms with Crippen LogP contribution in [0.2, 0.25) is 0 Å². The van der Waals surface area contributed by atoms with E-state index in [0.717, 1.165) is 34.9 Å². The molecule has 3 aliphatic heterocycles. The number of nitrogens with zero attached hydrogens (tertiary/aromatic N) is 2. The van der Waals surface area contributed by atoms with Gasteiger partial charge in [0.25, 0.3) is 5.56 Å². The lowest BCUT2D eigenvalue weighted by molar-refractivity contribution is -0.172. The van der Waals surface area contributed by atoms with Crippen LogP contribution in [0.15, 0.2) is 53.3 Å². The molecule has 2 aromatic heterocycles. The number of pyridine rings is 2. The number of esters is 1. The Hall–Kier alpha value is -4.17. The summed E-state index contributed by atoms with van der Waals surface area (Å²) in [5.41, 5.74) is 3.47. The van der Waals surface area contributed by atoms with Gasteiger partial charge >= 0.3 is 5.97 Å². The lowest BCUT2D eigenvalue weighted by atomic mass is 9.86. The molecule has 1 atom stereocenters. The highest BCUT2D eigenvalue weighted by Crippen LogP contribution is 2.47. The summed E-state index contributed by atoms with van der Waals surface area (Å²) < 4.78 is 18.6. The van der Waals surface area contributed by atoms with E-state index in [1.807, 2.05) is 30.3 Å². The standard InChI is InChI=1S/C29H24N2O6/c1-2-29(34)20-12-21-25-18(13-31(21)27(32)19(20)14-35-28(29)33)26-23-22(36-15-37-26)11-10-17(24(23)30-25)9-8-16-6-4-3-5-7-16/h3-7,10-12,34H,2,8-9,13-15H2,1H3/t29-/m0/s1. The summed E-state index contributed by atoms with van der Waals surface area (Å²) in [6.07, 6.45) is 1.71. The van der Waals surface area contributed by atoms with Crippen molar-refractivity contribution >= 4 is 16.9 Å². The molecule has 0 fully saturated rings. The van der Waals surface area contributed by atoms with Crippen molar-refractivity contribution in [2.24, 2.45) is 0 Å². The van der Waals surface area contributed by atoms with Crippen LogP contribution < -0.4 is 15.0 Å². The highest BCUT2D eigenvalue weighted by molar-refractivity contribution is 5.98. The molecular formula is C29H24N2O6. The molecule has 0 radical (unpaired) electrons. The normalized spacial score (nSPS) is 18.9. The van der Waals surface area contributed by atoms with Crippen LogP contribution in [0.4, 0.5) is 0 Å². The van der Waals surface area contributed by atoms with Gasteiger partial charge < -0.3 is 23.9 Å². The van der Waals surface area contributed by atoms with Gasteiger partial charge in [-0.15, -0.1) is 0 Å². The van der Waals surface area contributed by atoms with Gasteiger partial charge in [0, 0.05) is 11.1 Å². The third-order valence-corrected chi connectivity index (χ3v) is 7.78. The fourth-order valence-electron chi connectivity index (χ4n) is 5.73. The first-order valence-corrected chi connectivity index (χ1v) is 12.4. The average Bonchev–Trinajstić information content (AvgIpc) is 3.31. The minimum atomic E-state index is -1.87. The monoisotopic (exact) mass is 496 g/mol.